The molecule has 0 radical (unpaired) electrons. The molecule has 1 aromatic rings. The van der Waals surface area contributed by atoms with E-state index in [0.717, 1.165) is 36.9 Å². The van der Waals surface area contributed by atoms with Gasteiger partial charge in [-0.15, -0.1) is 0 Å². The highest BCUT2D eigenvalue weighted by Gasteiger charge is 2.32. The van der Waals surface area contributed by atoms with Crippen molar-refractivity contribution in [2.75, 3.05) is 5.32 Å². The molecule has 0 aromatic heterocycles. The van der Waals surface area contributed by atoms with Gasteiger partial charge in [0.05, 0.1) is 0 Å². The first-order valence-corrected chi connectivity index (χ1v) is 8.56. The predicted octanol–water partition coefficient (Wildman–Crippen LogP) is 2.03. The van der Waals surface area contributed by atoms with Crippen LogP contribution in [0.4, 0.5) is 10.1 Å². The minimum absolute atomic E-state index is 0.00666. The van der Waals surface area contributed by atoms with Crippen molar-refractivity contribution in [3.05, 3.63) is 29.1 Å². The molecule has 1 fully saturated rings. The lowest BCUT2D eigenvalue weighted by atomic mass is 9.91. The Hall–Kier alpha value is -2.11. The molecule has 0 bridgehead atoms. The molecule has 24 heavy (non-hydrogen) atoms. The number of benzene rings is 1. The van der Waals surface area contributed by atoms with E-state index in [1.807, 2.05) is 6.92 Å². The van der Waals surface area contributed by atoms with Crippen molar-refractivity contribution in [1.82, 2.24) is 10.6 Å². The molecule has 0 spiro atoms. The second-order valence-corrected chi connectivity index (χ2v) is 6.88. The number of aryl methyl sites for hydroxylation is 1. The number of nitrogens with one attached hydrogen (secondary N) is 3. The molecule has 2 amide bonds. The zero-order chi connectivity index (χ0) is 17.3. The third-order valence-electron chi connectivity index (χ3n) is 4.99. The van der Waals surface area contributed by atoms with Crippen molar-refractivity contribution >= 4 is 17.5 Å². The van der Waals surface area contributed by atoms with Gasteiger partial charge < -0.3 is 16.0 Å². The van der Waals surface area contributed by atoms with Crippen molar-refractivity contribution in [2.24, 2.45) is 0 Å². The highest BCUT2D eigenvalue weighted by molar-refractivity contribution is 5.88. The van der Waals surface area contributed by atoms with Crippen molar-refractivity contribution in [3.63, 3.8) is 0 Å². The quantitative estimate of drug-likeness (QED) is 0.793. The van der Waals surface area contributed by atoms with E-state index in [2.05, 4.69) is 16.0 Å². The fraction of sp³-hybridized carbons (Fsp3) is 0.556. The summed E-state index contributed by atoms with van der Waals surface area (Å²) >= 11 is 0. The largest absolute Gasteiger partial charge is 0.373 e. The van der Waals surface area contributed by atoms with Gasteiger partial charge in [-0.25, -0.2) is 4.39 Å². The van der Waals surface area contributed by atoms with E-state index in [0.29, 0.717) is 12.0 Å². The summed E-state index contributed by atoms with van der Waals surface area (Å²) in [4.78, 5) is 23.6. The van der Waals surface area contributed by atoms with Crippen LogP contribution in [0.2, 0.25) is 0 Å². The van der Waals surface area contributed by atoms with E-state index < -0.39 is 6.04 Å². The van der Waals surface area contributed by atoms with Crippen LogP contribution < -0.4 is 16.0 Å². The molecule has 3 N–H and O–H groups in total. The normalized spacial score (nSPS) is 25.5. The van der Waals surface area contributed by atoms with Crippen LogP contribution in [-0.4, -0.2) is 29.9 Å². The molecule has 1 saturated carbocycles. The Labute approximate surface area is 141 Å². The number of carbonyl (C=O) groups is 2. The van der Waals surface area contributed by atoms with Crippen LogP contribution in [0.15, 0.2) is 12.1 Å². The lowest BCUT2D eigenvalue weighted by Gasteiger charge is -2.30. The number of hydrogen-bond acceptors (Lipinski definition) is 3. The van der Waals surface area contributed by atoms with Crippen molar-refractivity contribution in [2.45, 2.75) is 64.1 Å². The van der Waals surface area contributed by atoms with Crippen LogP contribution in [0.5, 0.6) is 0 Å². The van der Waals surface area contributed by atoms with E-state index in [9.17, 15) is 14.0 Å². The maximum atomic E-state index is 13.9. The van der Waals surface area contributed by atoms with Gasteiger partial charge in [-0.1, -0.05) is 6.07 Å². The summed E-state index contributed by atoms with van der Waals surface area (Å²) in [7, 11) is 0. The summed E-state index contributed by atoms with van der Waals surface area (Å²) in [6.07, 6.45) is 3.83. The van der Waals surface area contributed by atoms with Gasteiger partial charge in [0.15, 0.2) is 0 Å². The van der Waals surface area contributed by atoms with Crippen LogP contribution in [0, 0.1) is 12.7 Å². The molecular weight excluding hydrogens is 309 g/mol. The molecule has 3 rings (SSSR count). The first kappa shape index (κ1) is 16.7. The molecule has 2 aliphatic rings. The van der Waals surface area contributed by atoms with E-state index in [1.54, 1.807) is 6.07 Å². The van der Waals surface area contributed by atoms with Gasteiger partial charge in [0, 0.05) is 36.7 Å². The third-order valence-corrected chi connectivity index (χ3v) is 4.99. The second-order valence-electron chi connectivity index (χ2n) is 6.88. The van der Waals surface area contributed by atoms with Gasteiger partial charge >= 0.3 is 0 Å². The smallest absolute Gasteiger partial charge is 0.243 e. The monoisotopic (exact) mass is 333 g/mol. The van der Waals surface area contributed by atoms with Crippen LogP contribution in [0.1, 0.15) is 43.7 Å². The molecule has 6 heteroatoms. The number of hydrogen-bond donors (Lipinski definition) is 3. The number of halogens is 1. The lowest BCUT2D eigenvalue weighted by molar-refractivity contribution is -0.123. The second kappa shape index (κ2) is 6.79. The molecule has 0 saturated heterocycles. The molecule has 1 heterocycles. The SMILES string of the molecule is CC(=O)NC1CCC(NC(=O)C2Cc3c(F)ccc(C)c3N2)CC1. The zero-order valence-electron chi connectivity index (χ0n) is 14.1. The van der Waals surface area contributed by atoms with Crippen LogP contribution >= 0.6 is 0 Å². The van der Waals surface area contributed by atoms with E-state index in [4.69, 9.17) is 0 Å². The number of anilines is 1. The minimum atomic E-state index is -0.413. The molecule has 5 nitrogen and oxygen atoms in total. The summed E-state index contributed by atoms with van der Waals surface area (Å²) < 4.78 is 13.9. The number of fused-ring (bicyclic) bond motifs is 1. The fourth-order valence-electron chi connectivity index (χ4n) is 3.70. The topological polar surface area (TPSA) is 70.2 Å². The zero-order valence-corrected chi connectivity index (χ0v) is 14.1. The summed E-state index contributed by atoms with van der Waals surface area (Å²) in [5, 5.41) is 9.16. The predicted molar refractivity (Wildman–Crippen MR) is 90.3 cm³/mol. The molecule has 1 aliphatic carbocycles. The van der Waals surface area contributed by atoms with E-state index in [-0.39, 0.29) is 29.7 Å². The number of carbonyl (C=O) groups excluding carboxylic acids is 2. The van der Waals surface area contributed by atoms with Crippen molar-refractivity contribution < 1.29 is 14.0 Å². The first-order valence-electron chi connectivity index (χ1n) is 8.56. The maximum absolute atomic E-state index is 13.9. The average molecular weight is 333 g/mol. The lowest BCUT2D eigenvalue weighted by Crippen LogP contribution is -2.47. The Morgan fingerprint density at radius 3 is 2.33 bits per heavy atom. The standard InChI is InChI=1S/C18H24FN3O2/c1-10-3-8-15(19)14-9-16(22-17(10)14)18(24)21-13-6-4-12(5-7-13)20-11(2)23/h3,8,12-13,16,22H,4-7,9H2,1-2H3,(H,20,23)(H,21,24). The summed E-state index contributed by atoms with van der Waals surface area (Å²) in [5.41, 5.74) is 2.31. The average Bonchev–Trinajstić information content (AvgIpc) is 2.99. The van der Waals surface area contributed by atoms with E-state index >= 15 is 0 Å². The molecule has 1 aliphatic heterocycles. The summed E-state index contributed by atoms with van der Waals surface area (Å²) in [6, 6.07) is 3.10. The fourth-order valence-corrected chi connectivity index (χ4v) is 3.70. The Balaban J connectivity index is 1.53. The number of rotatable bonds is 3. The summed E-state index contributed by atoms with van der Waals surface area (Å²) in [6.45, 7) is 3.44. The van der Waals surface area contributed by atoms with Crippen LogP contribution in [-0.2, 0) is 16.0 Å². The molecule has 1 aromatic carbocycles. The third kappa shape index (κ3) is 3.52. The highest BCUT2D eigenvalue weighted by atomic mass is 19.1. The van der Waals surface area contributed by atoms with E-state index in [1.165, 1.54) is 13.0 Å². The Kier molecular flexibility index (Phi) is 4.73. The first-order chi connectivity index (χ1) is 11.4. The van der Waals surface area contributed by atoms with Gasteiger partial charge in [-0.2, -0.15) is 0 Å². The molecule has 1 atom stereocenters. The summed E-state index contributed by atoms with van der Waals surface area (Å²) in [5.74, 6) is -0.338. The highest BCUT2D eigenvalue weighted by Crippen LogP contribution is 2.31. The maximum Gasteiger partial charge on any atom is 0.243 e. The number of amides is 2. The molecular formula is C18H24FN3O2. The Bertz CT molecular complexity index is 623. The molecule has 1 unspecified atom stereocenters. The Morgan fingerprint density at radius 1 is 1.12 bits per heavy atom. The van der Waals surface area contributed by atoms with Gasteiger partial charge in [0.2, 0.25) is 11.8 Å². The van der Waals surface area contributed by atoms with Gasteiger partial charge in [0.25, 0.3) is 0 Å². The molecule has 130 valence electrons. The van der Waals surface area contributed by atoms with Gasteiger partial charge in [0.1, 0.15) is 11.9 Å². The van der Waals surface area contributed by atoms with Gasteiger partial charge in [-0.05, 0) is 44.2 Å². The minimum Gasteiger partial charge on any atom is -0.373 e. The van der Waals surface area contributed by atoms with Crippen molar-refractivity contribution in [1.29, 1.82) is 0 Å². The van der Waals surface area contributed by atoms with Crippen molar-refractivity contribution in [3.8, 4) is 0 Å². The van der Waals surface area contributed by atoms with Crippen LogP contribution in [0.25, 0.3) is 0 Å². The van der Waals surface area contributed by atoms with Crippen LogP contribution in [0.3, 0.4) is 0 Å². The Morgan fingerprint density at radius 2 is 1.75 bits per heavy atom. The van der Waals surface area contributed by atoms with Gasteiger partial charge in [-0.3, -0.25) is 9.59 Å².